The maximum Gasteiger partial charge on any atom is 0.224 e. The molecular weight excluding hydrogens is 502 g/mol. The number of aromatic nitrogens is 3. The first-order valence-corrected chi connectivity index (χ1v) is 12.8. The van der Waals surface area contributed by atoms with Crippen LogP contribution in [-0.2, 0) is 4.74 Å². The lowest BCUT2D eigenvalue weighted by Crippen LogP contribution is -2.40. The molecule has 1 aliphatic rings. The molecule has 0 radical (unpaired) electrons. The van der Waals surface area contributed by atoms with Crippen LogP contribution in [0.2, 0.25) is 0 Å². The molecule has 0 bridgehead atoms. The summed E-state index contributed by atoms with van der Waals surface area (Å²) in [5.41, 5.74) is 1.26. The van der Waals surface area contributed by atoms with Crippen LogP contribution in [0.1, 0.15) is 39.8 Å². The van der Waals surface area contributed by atoms with Crippen molar-refractivity contribution >= 4 is 45.7 Å². The topological polar surface area (TPSA) is 133 Å². The molecule has 0 saturated heterocycles. The van der Waals surface area contributed by atoms with E-state index in [2.05, 4.69) is 15.6 Å². The van der Waals surface area contributed by atoms with Crippen molar-refractivity contribution in [2.75, 3.05) is 23.8 Å². The van der Waals surface area contributed by atoms with Gasteiger partial charge < -0.3 is 30.7 Å². The maximum atomic E-state index is 10.8. The predicted octanol–water partition coefficient (Wildman–Crippen LogP) is 3.61. The van der Waals surface area contributed by atoms with Crippen LogP contribution >= 0.6 is 23.7 Å². The van der Waals surface area contributed by atoms with E-state index in [1.807, 2.05) is 45.0 Å². The van der Waals surface area contributed by atoms with Crippen LogP contribution in [0, 0.1) is 12.8 Å². The lowest BCUT2D eigenvalue weighted by Gasteiger charge is -2.28. The number of thiazole rings is 1. The second kappa shape index (κ2) is 11.5. The summed E-state index contributed by atoms with van der Waals surface area (Å²) in [5, 5.41) is 39.2. The fourth-order valence-corrected chi connectivity index (χ4v) is 5.57. The van der Waals surface area contributed by atoms with Gasteiger partial charge in [-0.1, -0.05) is 12.1 Å². The highest BCUT2D eigenvalue weighted by molar-refractivity contribution is 7.21. The van der Waals surface area contributed by atoms with E-state index in [-0.39, 0.29) is 18.5 Å². The average Bonchev–Trinajstić information content (AvgIpc) is 3.32. The van der Waals surface area contributed by atoms with Crippen LogP contribution in [0.3, 0.4) is 0 Å². The largest absolute Gasteiger partial charge is 0.390 e. The Balaban J connectivity index is 0.00000361. The molecule has 3 aromatic rings. The number of rotatable bonds is 9. The Morgan fingerprint density at radius 3 is 2.50 bits per heavy atom. The zero-order valence-corrected chi connectivity index (χ0v) is 22.9. The fourth-order valence-electron chi connectivity index (χ4n) is 4.50. The third kappa shape index (κ3) is 6.24. The summed E-state index contributed by atoms with van der Waals surface area (Å²) in [6, 6.07) is 7.42. The summed E-state index contributed by atoms with van der Waals surface area (Å²) in [6.07, 6.45) is -1.58. The van der Waals surface area contributed by atoms with E-state index in [1.165, 1.54) is 0 Å². The van der Waals surface area contributed by atoms with Gasteiger partial charge in [0, 0.05) is 12.5 Å². The first-order valence-electron chi connectivity index (χ1n) is 12.0. The molecular formula is C25H36ClN5O4S. The number of halogens is 1. The van der Waals surface area contributed by atoms with Crippen LogP contribution < -0.4 is 10.6 Å². The van der Waals surface area contributed by atoms with E-state index in [0.717, 1.165) is 26.5 Å². The second-order valence-corrected chi connectivity index (χ2v) is 10.9. The Hall–Kier alpha value is -2.08. The number of aryl methyl sites for hydroxylation is 1. The molecule has 0 aliphatic heterocycles. The number of hydrogen-bond donors (Lipinski definition) is 5. The number of benzene rings is 1. The Morgan fingerprint density at radius 1 is 1.14 bits per heavy atom. The van der Waals surface area contributed by atoms with Gasteiger partial charge in [0.1, 0.15) is 16.9 Å². The summed E-state index contributed by atoms with van der Waals surface area (Å²) in [7, 11) is 0. The first kappa shape index (κ1) is 28.5. The quantitative estimate of drug-likeness (QED) is 0.259. The van der Waals surface area contributed by atoms with E-state index >= 15 is 0 Å². The van der Waals surface area contributed by atoms with E-state index in [0.29, 0.717) is 31.3 Å². The van der Waals surface area contributed by atoms with Gasteiger partial charge in [-0.2, -0.15) is 4.98 Å². The molecule has 1 fully saturated rings. The summed E-state index contributed by atoms with van der Waals surface area (Å²) < 4.78 is 6.66. The van der Waals surface area contributed by atoms with Crippen molar-refractivity contribution in [3.8, 4) is 10.6 Å². The number of nitrogens with zero attached hydrogens (tertiary/aromatic N) is 3. The lowest BCUT2D eigenvalue weighted by molar-refractivity contribution is -0.0601. The normalized spacial score (nSPS) is 22.1. The zero-order chi connectivity index (χ0) is 25.3. The summed E-state index contributed by atoms with van der Waals surface area (Å²) in [6.45, 7) is 10.2. The number of anilines is 2. The van der Waals surface area contributed by atoms with Gasteiger partial charge in [-0.15, -0.1) is 23.7 Å². The molecule has 1 aromatic carbocycles. The van der Waals surface area contributed by atoms with Crippen molar-refractivity contribution in [2.24, 2.45) is 5.92 Å². The SMILES string of the molecule is Cc1nc(NCCOC(C)C)nc(N[C@@H]2C[C@H](C(C)(C)O)[C@@H](O)[C@H]2O)c1-c1nc2ccccc2s1.Cl. The third-order valence-electron chi connectivity index (χ3n) is 6.35. The second-order valence-electron chi connectivity index (χ2n) is 9.92. The molecule has 198 valence electrons. The Morgan fingerprint density at radius 2 is 1.86 bits per heavy atom. The van der Waals surface area contributed by atoms with Crippen molar-refractivity contribution in [2.45, 2.75) is 71.0 Å². The molecule has 2 aromatic heterocycles. The molecule has 9 nitrogen and oxygen atoms in total. The minimum Gasteiger partial charge on any atom is -0.390 e. The number of fused-ring (bicyclic) bond motifs is 1. The van der Waals surface area contributed by atoms with Crippen molar-refractivity contribution in [3.63, 3.8) is 0 Å². The van der Waals surface area contributed by atoms with Gasteiger partial charge in [0.25, 0.3) is 0 Å². The number of nitrogens with one attached hydrogen (secondary N) is 2. The smallest absolute Gasteiger partial charge is 0.224 e. The van der Waals surface area contributed by atoms with Crippen molar-refractivity contribution < 1.29 is 20.1 Å². The standard InChI is InChI=1S/C25H35N5O4S.ClH/c1-13(2)34-11-10-26-24-27-14(3)19(23-29-16-8-6-7-9-18(16)35-23)22(30-24)28-17-12-15(25(4,5)33)20(31)21(17)32;/h6-9,13,15,17,20-21,31-33H,10-12H2,1-5H3,(H2,26,27,28,30);1H/t15-,17+,20+,21-;/m0./s1. The summed E-state index contributed by atoms with van der Waals surface area (Å²) in [4.78, 5) is 14.2. The molecule has 11 heteroatoms. The molecule has 0 amide bonds. The van der Waals surface area contributed by atoms with Crippen LogP contribution in [0.5, 0.6) is 0 Å². The Labute approximate surface area is 221 Å². The van der Waals surface area contributed by atoms with Gasteiger partial charge in [0.15, 0.2) is 0 Å². The Kier molecular flexibility index (Phi) is 9.13. The predicted molar refractivity (Wildman–Crippen MR) is 146 cm³/mol. The van der Waals surface area contributed by atoms with Gasteiger partial charge in [-0.3, -0.25) is 0 Å². The van der Waals surface area contributed by atoms with Crippen molar-refractivity contribution in [3.05, 3.63) is 30.0 Å². The zero-order valence-electron chi connectivity index (χ0n) is 21.2. The highest BCUT2D eigenvalue weighted by atomic mass is 35.5. The third-order valence-corrected chi connectivity index (χ3v) is 7.40. The van der Waals surface area contributed by atoms with Gasteiger partial charge in [-0.05, 0) is 53.2 Å². The molecule has 36 heavy (non-hydrogen) atoms. The van der Waals surface area contributed by atoms with Crippen LogP contribution in [0.15, 0.2) is 24.3 Å². The summed E-state index contributed by atoms with van der Waals surface area (Å²) in [5.74, 6) is 0.486. The van der Waals surface area contributed by atoms with Crippen molar-refractivity contribution in [1.82, 2.24) is 15.0 Å². The average molecular weight is 538 g/mol. The van der Waals surface area contributed by atoms with Crippen LogP contribution in [-0.4, -0.2) is 73.4 Å². The lowest BCUT2D eigenvalue weighted by atomic mass is 9.88. The van der Waals surface area contributed by atoms with Gasteiger partial charge in [-0.25, -0.2) is 9.97 Å². The number of ether oxygens (including phenoxy) is 1. The molecule has 0 unspecified atom stereocenters. The molecule has 4 atom stereocenters. The van der Waals surface area contributed by atoms with Gasteiger partial charge in [0.05, 0.1) is 51.9 Å². The fraction of sp³-hybridized carbons (Fsp3) is 0.560. The number of para-hydroxylation sites is 1. The van der Waals surface area contributed by atoms with E-state index < -0.39 is 29.8 Å². The number of hydrogen-bond acceptors (Lipinski definition) is 10. The molecule has 5 N–H and O–H groups in total. The minimum atomic E-state index is -1.13. The highest BCUT2D eigenvalue weighted by Crippen LogP contribution is 2.40. The Bertz CT molecular complexity index is 1140. The van der Waals surface area contributed by atoms with Gasteiger partial charge >= 0.3 is 0 Å². The monoisotopic (exact) mass is 537 g/mol. The maximum absolute atomic E-state index is 10.8. The molecule has 4 rings (SSSR count). The van der Waals surface area contributed by atoms with E-state index in [1.54, 1.807) is 25.2 Å². The van der Waals surface area contributed by atoms with Crippen LogP contribution in [0.25, 0.3) is 20.8 Å². The first-order chi connectivity index (χ1) is 16.5. The molecule has 1 saturated carbocycles. The highest BCUT2D eigenvalue weighted by Gasteiger charge is 2.47. The van der Waals surface area contributed by atoms with Gasteiger partial charge in [0.2, 0.25) is 5.95 Å². The number of aliphatic hydroxyl groups is 3. The summed E-state index contributed by atoms with van der Waals surface area (Å²) >= 11 is 1.55. The molecule has 2 heterocycles. The van der Waals surface area contributed by atoms with E-state index in [4.69, 9.17) is 14.7 Å². The van der Waals surface area contributed by atoms with Crippen molar-refractivity contribution in [1.29, 1.82) is 0 Å². The van der Waals surface area contributed by atoms with E-state index in [9.17, 15) is 15.3 Å². The molecule has 0 spiro atoms. The number of aliphatic hydroxyl groups excluding tert-OH is 2. The molecule has 1 aliphatic carbocycles. The van der Waals surface area contributed by atoms with Crippen LogP contribution in [0.4, 0.5) is 11.8 Å². The minimum absolute atomic E-state index is 0.